The number of nitrogens with zero attached hydrogens (tertiary/aromatic N) is 3. The van der Waals surface area contributed by atoms with Crippen molar-refractivity contribution in [2.45, 2.75) is 45.7 Å². The molecule has 4 nitrogen and oxygen atoms in total. The maximum atomic E-state index is 4.35. The Bertz CT molecular complexity index is 492. The monoisotopic (exact) mass is 272 g/mol. The van der Waals surface area contributed by atoms with Gasteiger partial charge in [-0.3, -0.25) is 9.67 Å². The molecular formula is C16H24N4. The summed E-state index contributed by atoms with van der Waals surface area (Å²) in [4.78, 5) is 4.08. The van der Waals surface area contributed by atoms with Crippen molar-refractivity contribution in [2.75, 3.05) is 6.54 Å². The molecule has 1 atom stereocenters. The zero-order chi connectivity index (χ0) is 14.2. The summed E-state index contributed by atoms with van der Waals surface area (Å²) in [6, 6.07) is 4.64. The molecule has 0 amide bonds. The Labute approximate surface area is 121 Å². The molecule has 1 unspecified atom stereocenters. The first kappa shape index (κ1) is 14.7. The fourth-order valence-corrected chi connectivity index (χ4v) is 2.34. The Morgan fingerprint density at radius 2 is 1.90 bits per heavy atom. The Morgan fingerprint density at radius 3 is 2.55 bits per heavy atom. The molecule has 2 aromatic rings. The van der Waals surface area contributed by atoms with Gasteiger partial charge < -0.3 is 5.32 Å². The number of hydrogen-bond donors (Lipinski definition) is 1. The van der Waals surface area contributed by atoms with Crippen LogP contribution in [-0.2, 0) is 19.4 Å². The summed E-state index contributed by atoms with van der Waals surface area (Å²) in [6.07, 6.45) is 11.1. The van der Waals surface area contributed by atoms with Crippen molar-refractivity contribution in [3.63, 3.8) is 0 Å². The van der Waals surface area contributed by atoms with Gasteiger partial charge in [0.1, 0.15) is 0 Å². The second kappa shape index (κ2) is 7.80. The van der Waals surface area contributed by atoms with Crippen LogP contribution in [0.5, 0.6) is 0 Å². The molecule has 2 rings (SSSR count). The second-order valence-corrected chi connectivity index (χ2v) is 5.12. The third kappa shape index (κ3) is 4.46. The highest BCUT2D eigenvalue weighted by Crippen LogP contribution is 2.08. The van der Waals surface area contributed by atoms with Crippen molar-refractivity contribution >= 4 is 0 Å². The third-order valence-corrected chi connectivity index (χ3v) is 3.41. The summed E-state index contributed by atoms with van der Waals surface area (Å²) in [5, 5.41) is 7.99. The van der Waals surface area contributed by atoms with Crippen molar-refractivity contribution in [1.82, 2.24) is 20.1 Å². The summed E-state index contributed by atoms with van der Waals surface area (Å²) >= 11 is 0. The van der Waals surface area contributed by atoms with Crippen LogP contribution in [0.25, 0.3) is 0 Å². The van der Waals surface area contributed by atoms with E-state index in [1.807, 2.05) is 23.3 Å². The van der Waals surface area contributed by atoms with E-state index >= 15 is 0 Å². The Kier molecular flexibility index (Phi) is 5.74. The Morgan fingerprint density at radius 1 is 1.15 bits per heavy atom. The number of aromatic nitrogens is 3. The van der Waals surface area contributed by atoms with Crippen molar-refractivity contribution in [3.8, 4) is 0 Å². The minimum absolute atomic E-state index is 0.451. The average Bonchev–Trinajstić information content (AvgIpc) is 2.93. The van der Waals surface area contributed by atoms with Gasteiger partial charge in [0.15, 0.2) is 0 Å². The number of hydrogen-bond acceptors (Lipinski definition) is 3. The van der Waals surface area contributed by atoms with Gasteiger partial charge in [-0.1, -0.05) is 6.92 Å². The van der Waals surface area contributed by atoms with Gasteiger partial charge in [0.2, 0.25) is 0 Å². The molecule has 0 aliphatic heterocycles. The fraction of sp³-hybridized carbons (Fsp3) is 0.500. The lowest BCUT2D eigenvalue weighted by Crippen LogP contribution is -2.33. The molecule has 108 valence electrons. The summed E-state index contributed by atoms with van der Waals surface area (Å²) < 4.78 is 1.98. The van der Waals surface area contributed by atoms with Crippen molar-refractivity contribution < 1.29 is 0 Å². The maximum absolute atomic E-state index is 4.35. The smallest absolute Gasteiger partial charge is 0.0522 e. The maximum Gasteiger partial charge on any atom is 0.0522 e. The van der Waals surface area contributed by atoms with Gasteiger partial charge in [-0.15, -0.1) is 0 Å². The van der Waals surface area contributed by atoms with Crippen LogP contribution in [0.4, 0.5) is 0 Å². The van der Waals surface area contributed by atoms with Gasteiger partial charge in [0.05, 0.1) is 6.20 Å². The van der Waals surface area contributed by atoms with E-state index in [1.54, 1.807) is 0 Å². The van der Waals surface area contributed by atoms with Gasteiger partial charge in [-0.25, -0.2) is 0 Å². The van der Waals surface area contributed by atoms with E-state index in [4.69, 9.17) is 0 Å². The minimum Gasteiger partial charge on any atom is -0.313 e. The molecule has 0 aliphatic carbocycles. The SMILES string of the molecule is CCCNC(Cc1ccncc1)Cc1cnn(CC)c1. The highest BCUT2D eigenvalue weighted by Gasteiger charge is 2.11. The van der Waals surface area contributed by atoms with E-state index < -0.39 is 0 Å². The first-order valence-electron chi connectivity index (χ1n) is 7.45. The molecule has 0 aliphatic rings. The Balaban J connectivity index is 1.99. The van der Waals surface area contributed by atoms with Gasteiger partial charge in [-0.05, 0) is 56.0 Å². The summed E-state index contributed by atoms with van der Waals surface area (Å²) in [7, 11) is 0. The fourth-order valence-electron chi connectivity index (χ4n) is 2.34. The average molecular weight is 272 g/mol. The van der Waals surface area contributed by atoms with Gasteiger partial charge in [-0.2, -0.15) is 5.10 Å². The molecule has 0 saturated carbocycles. The van der Waals surface area contributed by atoms with Crippen LogP contribution in [0.1, 0.15) is 31.4 Å². The topological polar surface area (TPSA) is 42.7 Å². The molecule has 1 N–H and O–H groups in total. The van der Waals surface area contributed by atoms with Gasteiger partial charge in [0.25, 0.3) is 0 Å². The molecule has 0 aromatic carbocycles. The highest BCUT2D eigenvalue weighted by molar-refractivity contribution is 5.14. The first-order chi connectivity index (χ1) is 9.81. The lowest BCUT2D eigenvalue weighted by molar-refractivity contribution is 0.504. The molecule has 0 fully saturated rings. The Hall–Kier alpha value is -1.68. The normalized spacial score (nSPS) is 12.5. The van der Waals surface area contributed by atoms with Crippen molar-refractivity contribution in [2.24, 2.45) is 0 Å². The summed E-state index contributed by atoms with van der Waals surface area (Å²) in [6.45, 7) is 6.29. The van der Waals surface area contributed by atoms with Crippen LogP contribution < -0.4 is 5.32 Å². The molecule has 2 heterocycles. The number of aryl methyl sites for hydroxylation is 1. The molecule has 4 heteroatoms. The van der Waals surface area contributed by atoms with Crippen LogP contribution in [0.15, 0.2) is 36.9 Å². The number of nitrogens with one attached hydrogen (secondary N) is 1. The molecule has 0 radical (unpaired) electrons. The molecule has 20 heavy (non-hydrogen) atoms. The van der Waals surface area contributed by atoms with E-state index in [0.717, 1.165) is 32.4 Å². The second-order valence-electron chi connectivity index (χ2n) is 5.12. The predicted molar refractivity (Wildman–Crippen MR) is 81.6 cm³/mol. The van der Waals surface area contributed by atoms with Crippen LogP contribution >= 0.6 is 0 Å². The van der Waals surface area contributed by atoms with E-state index in [1.165, 1.54) is 11.1 Å². The predicted octanol–water partition coefficient (Wildman–Crippen LogP) is 2.45. The lowest BCUT2D eigenvalue weighted by Gasteiger charge is -2.18. The zero-order valence-electron chi connectivity index (χ0n) is 12.4. The van der Waals surface area contributed by atoms with E-state index in [0.29, 0.717) is 6.04 Å². The number of rotatable bonds is 8. The molecule has 0 bridgehead atoms. The van der Waals surface area contributed by atoms with Gasteiger partial charge >= 0.3 is 0 Å². The van der Waals surface area contributed by atoms with Gasteiger partial charge in [0, 0.05) is 31.2 Å². The molecule has 0 saturated heterocycles. The minimum atomic E-state index is 0.451. The quantitative estimate of drug-likeness (QED) is 0.802. The number of pyridine rings is 1. The van der Waals surface area contributed by atoms with Crippen LogP contribution in [0, 0.1) is 0 Å². The van der Waals surface area contributed by atoms with Crippen LogP contribution in [0.3, 0.4) is 0 Å². The third-order valence-electron chi connectivity index (χ3n) is 3.41. The molecular weight excluding hydrogens is 248 g/mol. The molecule has 0 spiro atoms. The van der Waals surface area contributed by atoms with E-state index in [2.05, 4.69) is 47.6 Å². The van der Waals surface area contributed by atoms with E-state index in [9.17, 15) is 0 Å². The van der Waals surface area contributed by atoms with Crippen molar-refractivity contribution in [1.29, 1.82) is 0 Å². The van der Waals surface area contributed by atoms with Crippen molar-refractivity contribution in [3.05, 3.63) is 48.0 Å². The summed E-state index contributed by atoms with van der Waals surface area (Å²) in [5.74, 6) is 0. The largest absolute Gasteiger partial charge is 0.313 e. The lowest BCUT2D eigenvalue weighted by atomic mass is 10.0. The standard InChI is InChI=1S/C16H24N4/c1-3-7-18-16(10-14-5-8-17-9-6-14)11-15-12-19-20(4-2)13-15/h5-6,8-9,12-13,16,18H,3-4,7,10-11H2,1-2H3. The van der Waals surface area contributed by atoms with E-state index in [-0.39, 0.29) is 0 Å². The first-order valence-corrected chi connectivity index (χ1v) is 7.45. The van der Waals surface area contributed by atoms with Crippen LogP contribution in [-0.4, -0.2) is 27.4 Å². The molecule has 2 aromatic heterocycles. The van der Waals surface area contributed by atoms with Crippen LogP contribution in [0.2, 0.25) is 0 Å². The zero-order valence-corrected chi connectivity index (χ0v) is 12.4. The summed E-state index contributed by atoms with van der Waals surface area (Å²) in [5.41, 5.74) is 2.63. The highest BCUT2D eigenvalue weighted by atomic mass is 15.3.